The first kappa shape index (κ1) is 17.2. The van der Waals surface area contributed by atoms with Gasteiger partial charge in [0, 0.05) is 28.8 Å². The summed E-state index contributed by atoms with van der Waals surface area (Å²) in [4.78, 5) is 19.3. The number of rotatable bonds is 3. The smallest absolute Gasteiger partial charge is 0.249 e. The molecule has 0 saturated heterocycles. The van der Waals surface area contributed by atoms with Crippen LogP contribution in [0.4, 0.5) is 4.39 Å². The molecule has 6 heteroatoms. The SMILES string of the molecule is COc1ccc(-c2cc(-c3cc4ccc(F)cc4nc3Cl)cc(=O)[nH]2)cc1. The third kappa shape index (κ3) is 3.41. The van der Waals surface area contributed by atoms with E-state index in [4.69, 9.17) is 16.3 Å². The van der Waals surface area contributed by atoms with Crippen molar-refractivity contribution in [3.05, 3.63) is 82.0 Å². The van der Waals surface area contributed by atoms with Crippen LogP contribution in [0.25, 0.3) is 33.3 Å². The molecule has 0 fully saturated rings. The Balaban J connectivity index is 1.85. The quantitative estimate of drug-likeness (QED) is 0.505. The van der Waals surface area contributed by atoms with Crippen molar-refractivity contribution in [3.8, 4) is 28.1 Å². The maximum atomic E-state index is 13.4. The van der Waals surface area contributed by atoms with Gasteiger partial charge in [0.05, 0.1) is 12.6 Å². The highest BCUT2D eigenvalue weighted by molar-refractivity contribution is 6.32. The Hall–Kier alpha value is -3.18. The maximum absolute atomic E-state index is 13.4. The van der Waals surface area contributed by atoms with Gasteiger partial charge in [-0.05, 0) is 59.7 Å². The second-order valence-corrected chi connectivity index (χ2v) is 6.40. The van der Waals surface area contributed by atoms with Crippen molar-refractivity contribution in [2.24, 2.45) is 0 Å². The first-order valence-electron chi connectivity index (χ1n) is 8.18. The van der Waals surface area contributed by atoms with Gasteiger partial charge in [-0.15, -0.1) is 0 Å². The fourth-order valence-electron chi connectivity index (χ4n) is 2.94. The van der Waals surface area contributed by atoms with Gasteiger partial charge in [0.2, 0.25) is 5.56 Å². The van der Waals surface area contributed by atoms with E-state index in [0.29, 0.717) is 22.3 Å². The third-order valence-corrected chi connectivity index (χ3v) is 4.58. The van der Waals surface area contributed by atoms with Gasteiger partial charge >= 0.3 is 0 Å². The van der Waals surface area contributed by atoms with Gasteiger partial charge in [-0.1, -0.05) is 11.6 Å². The van der Waals surface area contributed by atoms with Crippen molar-refractivity contribution in [3.63, 3.8) is 0 Å². The van der Waals surface area contributed by atoms with Crippen LogP contribution in [0.15, 0.2) is 65.5 Å². The maximum Gasteiger partial charge on any atom is 0.249 e. The van der Waals surface area contributed by atoms with E-state index in [-0.39, 0.29) is 16.5 Å². The summed E-state index contributed by atoms with van der Waals surface area (Å²) < 4.78 is 18.6. The van der Waals surface area contributed by atoms with E-state index in [2.05, 4.69) is 9.97 Å². The van der Waals surface area contributed by atoms with Gasteiger partial charge in [0.25, 0.3) is 0 Å². The van der Waals surface area contributed by atoms with Crippen LogP contribution >= 0.6 is 11.6 Å². The van der Waals surface area contributed by atoms with E-state index >= 15 is 0 Å². The number of pyridine rings is 2. The van der Waals surface area contributed by atoms with Crippen LogP contribution in [-0.2, 0) is 0 Å². The minimum atomic E-state index is -0.378. The van der Waals surface area contributed by atoms with Crippen LogP contribution in [0.5, 0.6) is 5.75 Å². The molecule has 0 aliphatic rings. The third-order valence-electron chi connectivity index (χ3n) is 4.29. The van der Waals surface area contributed by atoms with E-state index in [1.165, 1.54) is 18.2 Å². The molecule has 4 rings (SSSR count). The molecule has 0 bridgehead atoms. The van der Waals surface area contributed by atoms with Crippen LogP contribution in [-0.4, -0.2) is 17.1 Å². The second-order valence-electron chi connectivity index (χ2n) is 6.04. The fourth-order valence-corrected chi connectivity index (χ4v) is 3.20. The number of nitrogens with one attached hydrogen (secondary N) is 1. The molecule has 27 heavy (non-hydrogen) atoms. The Bertz CT molecular complexity index is 1200. The second kappa shape index (κ2) is 6.85. The largest absolute Gasteiger partial charge is 0.497 e. The molecule has 0 atom stereocenters. The monoisotopic (exact) mass is 380 g/mol. The Morgan fingerprint density at radius 1 is 1.00 bits per heavy atom. The van der Waals surface area contributed by atoms with E-state index in [0.717, 1.165) is 16.7 Å². The highest BCUT2D eigenvalue weighted by atomic mass is 35.5. The van der Waals surface area contributed by atoms with Crippen molar-refractivity contribution >= 4 is 22.5 Å². The van der Waals surface area contributed by atoms with Gasteiger partial charge in [-0.3, -0.25) is 4.79 Å². The van der Waals surface area contributed by atoms with Crippen LogP contribution in [0.1, 0.15) is 0 Å². The predicted octanol–water partition coefficient (Wildman–Crippen LogP) is 5.06. The van der Waals surface area contributed by atoms with Crippen LogP contribution < -0.4 is 10.3 Å². The molecule has 0 aliphatic carbocycles. The molecule has 0 spiro atoms. The summed E-state index contributed by atoms with van der Waals surface area (Å²) in [6.45, 7) is 0. The number of hydrogen-bond donors (Lipinski definition) is 1. The Labute approximate surface area is 159 Å². The Morgan fingerprint density at radius 3 is 2.52 bits per heavy atom. The number of methoxy groups -OCH3 is 1. The lowest BCUT2D eigenvalue weighted by Gasteiger charge is -2.09. The molecule has 0 saturated carbocycles. The van der Waals surface area contributed by atoms with Crippen molar-refractivity contribution in [2.75, 3.05) is 7.11 Å². The first-order chi connectivity index (χ1) is 13.0. The molecule has 2 aromatic heterocycles. The van der Waals surface area contributed by atoms with E-state index < -0.39 is 0 Å². The molecule has 0 unspecified atom stereocenters. The summed E-state index contributed by atoms with van der Waals surface area (Å²) in [7, 11) is 1.60. The first-order valence-corrected chi connectivity index (χ1v) is 8.56. The zero-order valence-corrected chi connectivity index (χ0v) is 15.0. The number of nitrogens with zero attached hydrogens (tertiary/aromatic N) is 1. The number of aromatic amines is 1. The summed E-state index contributed by atoms with van der Waals surface area (Å²) in [5.74, 6) is 0.350. The van der Waals surface area contributed by atoms with Gasteiger partial charge in [0.1, 0.15) is 16.7 Å². The summed E-state index contributed by atoms with van der Waals surface area (Å²) in [5, 5.41) is 0.946. The van der Waals surface area contributed by atoms with E-state index in [9.17, 15) is 9.18 Å². The number of hydrogen-bond acceptors (Lipinski definition) is 3. The summed E-state index contributed by atoms with van der Waals surface area (Å²) >= 11 is 6.32. The minimum absolute atomic E-state index is 0.208. The molecule has 2 aromatic carbocycles. The fraction of sp³-hybridized carbons (Fsp3) is 0.0476. The normalized spacial score (nSPS) is 10.9. The summed E-state index contributed by atoms with van der Waals surface area (Å²) in [6.07, 6.45) is 0. The Kier molecular flexibility index (Phi) is 4.38. The minimum Gasteiger partial charge on any atom is -0.497 e. The molecule has 2 heterocycles. The van der Waals surface area contributed by atoms with Crippen molar-refractivity contribution in [1.29, 1.82) is 0 Å². The number of aromatic nitrogens is 2. The number of fused-ring (bicyclic) bond motifs is 1. The average Bonchev–Trinajstić information content (AvgIpc) is 2.67. The summed E-state index contributed by atoms with van der Waals surface area (Å²) in [6, 6.07) is 16.8. The van der Waals surface area contributed by atoms with Crippen LogP contribution in [0.2, 0.25) is 5.15 Å². The molecule has 0 radical (unpaired) electrons. The number of benzene rings is 2. The topological polar surface area (TPSA) is 55.0 Å². The van der Waals surface area contributed by atoms with Gasteiger partial charge in [-0.2, -0.15) is 0 Å². The van der Waals surface area contributed by atoms with Gasteiger partial charge in [-0.25, -0.2) is 9.37 Å². The lowest BCUT2D eigenvalue weighted by molar-refractivity contribution is 0.415. The van der Waals surface area contributed by atoms with Crippen LogP contribution in [0, 0.1) is 5.82 Å². The number of H-pyrrole nitrogens is 1. The average molecular weight is 381 g/mol. The highest BCUT2D eigenvalue weighted by Crippen LogP contribution is 2.31. The molecule has 1 N–H and O–H groups in total. The zero-order chi connectivity index (χ0) is 19.0. The van der Waals surface area contributed by atoms with E-state index in [1.54, 1.807) is 19.2 Å². The molecule has 0 aliphatic heterocycles. The van der Waals surface area contributed by atoms with Gasteiger partial charge in [0.15, 0.2) is 0 Å². The predicted molar refractivity (Wildman–Crippen MR) is 105 cm³/mol. The highest BCUT2D eigenvalue weighted by Gasteiger charge is 2.11. The van der Waals surface area contributed by atoms with Crippen molar-refractivity contribution in [2.45, 2.75) is 0 Å². The lowest BCUT2D eigenvalue weighted by atomic mass is 10.0. The molecule has 4 nitrogen and oxygen atoms in total. The molecule has 134 valence electrons. The van der Waals surface area contributed by atoms with Crippen molar-refractivity contribution < 1.29 is 9.13 Å². The zero-order valence-electron chi connectivity index (χ0n) is 14.3. The van der Waals surface area contributed by atoms with Crippen molar-refractivity contribution in [1.82, 2.24) is 9.97 Å². The van der Waals surface area contributed by atoms with Gasteiger partial charge < -0.3 is 9.72 Å². The summed E-state index contributed by atoms with van der Waals surface area (Å²) in [5.41, 5.74) is 2.93. The molecule has 0 amide bonds. The molecular formula is C21H14ClFN2O2. The van der Waals surface area contributed by atoms with Crippen LogP contribution in [0.3, 0.4) is 0 Å². The molecular weight excluding hydrogens is 367 g/mol. The standard InChI is InChI=1S/C21H14ClFN2O2/c1-27-16-6-3-12(4-7-16)18-9-14(10-20(26)24-18)17-8-13-2-5-15(23)11-19(13)25-21(17)22/h2-11H,1H3,(H,24,26). The number of halogens is 2. The number of ether oxygens (including phenoxy) is 1. The van der Waals surface area contributed by atoms with E-state index in [1.807, 2.05) is 30.3 Å². The lowest BCUT2D eigenvalue weighted by Crippen LogP contribution is -2.06. The Morgan fingerprint density at radius 2 is 1.78 bits per heavy atom. The molecule has 4 aromatic rings.